The Bertz CT molecular complexity index is 3150. The van der Waals surface area contributed by atoms with Crippen LogP contribution in [0.15, 0.2) is 167 Å². The van der Waals surface area contributed by atoms with Gasteiger partial charge in [-0.05, 0) is 0 Å². The molecule has 0 spiro atoms. The molecule has 0 aliphatic carbocycles. The van der Waals surface area contributed by atoms with Crippen molar-refractivity contribution in [3.63, 3.8) is 0 Å². The Morgan fingerprint density at radius 1 is 0.358 bits per heavy atom. The molecule has 2 nitrogen and oxygen atoms in total. The normalized spacial score (nSPS) is 12.0. The standard InChI is InChI=1S/C50H32O2Se/c1-29-25-51-27-42(29)48-34-14-5-3-12-32(34)46(33-13-4-6-15-35(33)48)31-22-23-40-45(24-31)53-44-21-11-20-41(50(40)44)47-36-16-7-9-18-38(36)49(43-28-52-26-30(43)2)39-19-10-8-17-37(39)47/h3-28H,1-2H3. The van der Waals surface area contributed by atoms with E-state index in [0.29, 0.717) is 0 Å². The molecule has 0 unspecified atom stereocenters. The van der Waals surface area contributed by atoms with Crippen molar-refractivity contribution in [1.29, 1.82) is 0 Å². The summed E-state index contributed by atoms with van der Waals surface area (Å²) in [7, 11) is 0. The summed E-state index contributed by atoms with van der Waals surface area (Å²) in [5.41, 5.74) is 12.2. The summed E-state index contributed by atoms with van der Waals surface area (Å²) in [5.74, 6) is 0. The Kier molecular flexibility index (Phi) is 6.73. The first-order valence-corrected chi connectivity index (χ1v) is 19.8. The topological polar surface area (TPSA) is 26.3 Å². The number of furan rings is 2. The molecule has 0 saturated heterocycles. The van der Waals surface area contributed by atoms with Crippen LogP contribution < -0.4 is 0 Å². The Morgan fingerprint density at radius 3 is 1.23 bits per heavy atom. The van der Waals surface area contributed by atoms with Gasteiger partial charge in [-0.15, -0.1) is 0 Å². The van der Waals surface area contributed by atoms with Crippen molar-refractivity contribution < 1.29 is 8.83 Å². The van der Waals surface area contributed by atoms with E-state index in [-0.39, 0.29) is 14.5 Å². The van der Waals surface area contributed by atoms with Gasteiger partial charge in [0.2, 0.25) is 0 Å². The Morgan fingerprint density at radius 2 is 0.792 bits per heavy atom. The fourth-order valence-corrected chi connectivity index (χ4v) is 11.3. The van der Waals surface area contributed by atoms with E-state index in [9.17, 15) is 0 Å². The van der Waals surface area contributed by atoms with Crippen molar-refractivity contribution in [3.8, 4) is 44.5 Å². The number of benzene rings is 8. The van der Waals surface area contributed by atoms with Crippen molar-refractivity contribution in [2.45, 2.75) is 13.8 Å². The molecule has 0 bridgehead atoms. The number of fused-ring (bicyclic) bond motifs is 7. The average molecular weight is 744 g/mol. The van der Waals surface area contributed by atoms with Gasteiger partial charge in [-0.1, -0.05) is 0 Å². The van der Waals surface area contributed by atoms with Crippen molar-refractivity contribution in [2.24, 2.45) is 0 Å². The molecule has 0 amide bonds. The van der Waals surface area contributed by atoms with E-state index in [2.05, 4.69) is 147 Å². The molecule has 11 rings (SSSR count). The quantitative estimate of drug-likeness (QED) is 0.133. The average Bonchev–Trinajstić information content (AvgIpc) is 3.93. The van der Waals surface area contributed by atoms with E-state index in [1.165, 1.54) is 95.8 Å². The molecular weight excluding hydrogens is 712 g/mol. The van der Waals surface area contributed by atoms with E-state index >= 15 is 0 Å². The molecule has 250 valence electrons. The summed E-state index contributed by atoms with van der Waals surface area (Å²) in [5, 5.41) is 12.7. The molecule has 53 heavy (non-hydrogen) atoms. The first-order chi connectivity index (χ1) is 26.2. The second kappa shape index (κ2) is 11.7. The van der Waals surface area contributed by atoms with Gasteiger partial charge in [0.1, 0.15) is 0 Å². The minimum atomic E-state index is 0.162. The van der Waals surface area contributed by atoms with Crippen molar-refractivity contribution >= 4 is 76.9 Å². The summed E-state index contributed by atoms with van der Waals surface area (Å²) in [4.78, 5) is 0. The molecule has 3 aromatic heterocycles. The second-order valence-electron chi connectivity index (χ2n) is 14.1. The van der Waals surface area contributed by atoms with Crippen molar-refractivity contribution in [3.05, 3.63) is 170 Å². The maximum absolute atomic E-state index is 5.73. The summed E-state index contributed by atoms with van der Waals surface area (Å²) in [6, 6.07) is 49.7. The molecule has 0 aliphatic heterocycles. The maximum atomic E-state index is 5.73. The molecule has 0 radical (unpaired) electrons. The monoisotopic (exact) mass is 744 g/mol. The van der Waals surface area contributed by atoms with Crippen LogP contribution in [0.2, 0.25) is 0 Å². The molecule has 8 aromatic carbocycles. The molecule has 0 fully saturated rings. The predicted molar refractivity (Wildman–Crippen MR) is 224 cm³/mol. The van der Waals surface area contributed by atoms with Crippen LogP contribution in [-0.4, -0.2) is 14.5 Å². The molecule has 3 heterocycles. The van der Waals surface area contributed by atoms with Crippen LogP contribution in [0.5, 0.6) is 0 Å². The summed E-state index contributed by atoms with van der Waals surface area (Å²) in [6.07, 6.45) is 7.50. The van der Waals surface area contributed by atoms with E-state index in [1.54, 1.807) is 0 Å². The Labute approximate surface area is 312 Å². The molecule has 0 atom stereocenters. The number of hydrogen-bond acceptors (Lipinski definition) is 2. The minimum absolute atomic E-state index is 0.162. The molecule has 0 aliphatic rings. The van der Waals surface area contributed by atoms with Gasteiger partial charge in [-0.25, -0.2) is 0 Å². The number of aryl methyl sites for hydroxylation is 2. The number of hydrogen-bond donors (Lipinski definition) is 0. The van der Waals surface area contributed by atoms with Gasteiger partial charge < -0.3 is 0 Å². The first-order valence-electron chi connectivity index (χ1n) is 18.0. The van der Waals surface area contributed by atoms with Crippen LogP contribution in [0.4, 0.5) is 0 Å². The van der Waals surface area contributed by atoms with Gasteiger partial charge in [0.15, 0.2) is 0 Å². The molecular formula is C50H32O2Se. The molecule has 3 heteroatoms. The van der Waals surface area contributed by atoms with Gasteiger partial charge in [0.25, 0.3) is 0 Å². The second-order valence-corrected chi connectivity index (χ2v) is 16.4. The third-order valence-electron chi connectivity index (χ3n) is 11.2. The summed E-state index contributed by atoms with van der Waals surface area (Å²) >= 11 is 0.162. The van der Waals surface area contributed by atoms with E-state index in [1.807, 2.05) is 25.1 Å². The van der Waals surface area contributed by atoms with E-state index in [0.717, 1.165) is 22.3 Å². The third kappa shape index (κ3) is 4.45. The summed E-state index contributed by atoms with van der Waals surface area (Å²) < 4.78 is 14.3. The SMILES string of the molecule is Cc1cocc1-c1c2ccccc2c(-c2ccc3c(c2)[se]c2cccc(-c4c5ccccc5c(-c5cocc5C)c5ccccc45)c23)c2ccccc12. The van der Waals surface area contributed by atoms with E-state index < -0.39 is 0 Å². The zero-order valence-electron chi connectivity index (χ0n) is 29.2. The third-order valence-corrected chi connectivity index (χ3v) is 13.5. The fraction of sp³-hybridized carbons (Fsp3) is 0.0400. The van der Waals surface area contributed by atoms with Crippen LogP contribution in [0, 0.1) is 13.8 Å². The Balaban J connectivity index is 1.19. The van der Waals surface area contributed by atoms with Crippen LogP contribution in [-0.2, 0) is 0 Å². The van der Waals surface area contributed by atoms with Crippen LogP contribution in [0.25, 0.3) is 107 Å². The van der Waals surface area contributed by atoms with Gasteiger partial charge in [-0.3, -0.25) is 0 Å². The van der Waals surface area contributed by atoms with Gasteiger partial charge in [0.05, 0.1) is 0 Å². The zero-order valence-corrected chi connectivity index (χ0v) is 30.9. The van der Waals surface area contributed by atoms with Crippen LogP contribution in [0.1, 0.15) is 11.1 Å². The molecule has 11 aromatic rings. The van der Waals surface area contributed by atoms with E-state index in [4.69, 9.17) is 8.83 Å². The Hall–Kier alpha value is -6.12. The predicted octanol–water partition coefficient (Wildman–Crippen LogP) is 14.1. The fourth-order valence-electron chi connectivity index (χ4n) is 8.86. The molecule has 0 saturated carbocycles. The number of rotatable bonds is 4. The van der Waals surface area contributed by atoms with Gasteiger partial charge in [0, 0.05) is 0 Å². The first kappa shape index (κ1) is 30.5. The molecule has 0 N–H and O–H groups in total. The van der Waals surface area contributed by atoms with Crippen LogP contribution in [0.3, 0.4) is 0 Å². The van der Waals surface area contributed by atoms with Crippen LogP contribution >= 0.6 is 0 Å². The zero-order chi connectivity index (χ0) is 35.2. The van der Waals surface area contributed by atoms with Crippen molar-refractivity contribution in [2.75, 3.05) is 0 Å². The van der Waals surface area contributed by atoms with Gasteiger partial charge in [-0.2, -0.15) is 0 Å². The van der Waals surface area contributed by atoms with Gasteiger partial charge >= 0.3 is 314 Å². The van der Waals surface area contributed by atoms with Crippen molar-refractivity contribution in [1.82, 2.24) is 0 Å². The summed E-state index contributed by atoms with van der Waals surface area (Å²) in [6.45, 7) is 4.26.